The zero-order valence-corrected chi connectivity index (χ0v) is 9.38. The van der Waals surface area contributed by atoms with Crippen LogP contribution in [0.4, 0.5) is 0 Å². The first kappa shape index (κ1) is 9.99. The number of nitrogens with one attached hydrogen (secondary N) is 1. The average Bonchev–Trinajstić information content (AvgIpc) is 2.95. The maximum Gasteiger partial charge on any atom is 0.128 e. The Balaban J connectivity index is 1.87. The summed E-state index contributed by atoms with van der Waals surface area (Å²) in [7, 11) is 1.94. The zero-order valence-electron chi connectivity index (χ0n) is 8.63. The molecule has 1 fully saturated rings. The van der Waals surface area contributed by atoms with Gasteiger partial charge in [-0.25, -0.2) is 4.98 Å². The second-order valence-corrected chi connectivity index (χ2v) is 4.45. The van der Waals surface area contributed by atoms with E-state index in [0.29, 0.717) is 11.2 Å². The monoisotopic (exact) mass is 213 g/mol. The Morgan fingerprint density at radius 3 is 2.93 bits per heavy atom. The van der Waals surface area contributed by atoms with Crippen LogP contribution in [0.15, 0.2) is 6.20 Å². The summed E-state index contributed by atoms with van der Waals surface area (Å²) < 4.78 is 1.91. The lowest BCUT2D eigenvalue weighted by molar-refractivity contribution is 0.482. The average molecular weight is 214 g/mol. The van der Waals surface area contributed by atoms with E-state index in [0.717, 1.165) is 18.3 Å². The molecule has 0 aromatic carbocycles. The van der Waals surface area contributed by atoms with Gasteiger partial charge in [0.2, 0.25) is 0 Å². The predicted octanol–water partition coefficient (Wildman–Crippen LogP) is 1.96. The van der Waals surface area contributed by atoms with Gasteiger partial charge in [-0.2, -0.15) is 0 Å². The summed E-state index contributed by atoms with van der Waals surface area (Å²) >= 11 is 5.89. The highest BCUT2D eigenvalue weighted by molar-refractivity contribution is 6.29. The minimum Gasteiger partial charge on any atom is -0.321 e. The summed E-state index contributed by atoms with van der Waals surface area (Å²) in [5.41, 5.74) is 0. The van der Waals surface area contributed by atoms with Crippen LogP contribution < -0.4 is 5.32 Å². The van der Waals surface area contributed by atoms with Gasteiger partial charge in [0.1, 0.15) is 11.0 Å². The lowest BCUT2D eigenvalue weighted by Gasteiger charge is -2.12. The Labute approximate surface area is 89.5 Å². The van der Waals surface area contributed by atoms with E-state index in [4.69, 9.17) is 11.6 Å². The Morgan fingerprint density at radius 2 is 2.43 bits per heavy atom. The van der Waals surface area contributed by atoms with Crippen molar-refractivity contribution in [3.05, 3.63) is 17.2 Å². The standard InChI is InChI=1S/C10H16ClN3/c1-7(8-3-4-8)12-6-10-13-5-9(11)14(10)2/h5,7-8,12H,3-4,6H2,1-2H3. The second-order valence-electron chi connectivity index (χ2n) is 4.06. The molecule has 1 N–H and O–H groups in total. The fraction of sp³-hybridized carbons (Fsp3) is 0.700. The normalized spacial score (nSPS) is 18.5. The first-order chi connectivity index (χ1) is 6.68. The van der Waals surface area contributed by atoms with E-state index in [-0.39, 0.29) is 0 Å². The highest BCUT2D eigenvalue weighted by Crippen LogP contribution is 2.32. The Bertz CT molecular complexity index is 317. The molecule has 14 heavy (non-hydrogen) atoms. The fourth-order valence-corrected chi connectivity index (χ4v) is 1.75. The molecule has 1 aliphatic rings. The van der Waals surface area contributed by atoms with Crippen LogP contribution in [-0.2, 0) is 13.6 Å². The van der Waals surface area contributed by atoms with Gasteiger partial charge in [0.05, 0.1) is 12.7 Å². The molecule has 0 spiro atoms. The quantitative estimate of drug-likeness (QED) is 0.829. The molecule has 1 saturated carbocycles. The van der Waals surface area contributed by atoms with Crippen molar-refractivity contribution in [2.24, 2.45) is 13.0 Å². The van der Waals surface area contributed by atoms with Crippen LogP contribution in [-0.4, -0.2) is 15.6 Å². The van der Waals surface area contributed by atoms with Crippen molar-refractivity contribution in [1.82, 2.24) is 14.9 Å². The lowest BCUT2D eigenvalue weighted by Crippen LogP contribution is -2.28. The SMILES string of the molecule is CC(NCc1ncc(Cl)n1C)C1CC1. The van der Waals surface area contributed by atoms with E-state index in [1.54, 1.807) is 6.20 Å². The minimum atomic E-state index is 0.602. The van der Waals surface area contributed by atoms with E-state index in [9.17, 15) is 0 Å². The summed E-state index contributed by atoms with van der Waals surface area (Å²) in [6, 6.07) is 0.602. The van der Waals surface area contributed by atoms with Crippen molar-refractivity contribution in [2.75, 3.05) is 0 Å². The summed E-state index contributed by atoms with van der Waals surface area (Å²) in [5.74, 6) is 1.88. The Kier molecular flexibility index (Phi) is 2.79. The number of hydrogen-bond donors (Lipinski definition) is 1. The summed E-state index contributed by atoms with van der Waals surface area (Å²) in [6.07, 6.45) is 4.44. The summed E-state index contributed by atoms with van der Waals surface area (Å²) in [6.45, 7) is 3.04. The molecule has 0 bridgehead atoms. The molecule has 1 heterocycles. The van der Waals surface area contributed by atoms with Crippen LogP contribution >= 0.6 is 11.6 Å². The molecule has 1 aliphatic carbocycles. The lowest BCUT2D eigenvalue weighted by atomic mass is 10.2. The van der Waals surface area contributed by atoms with Gasteiger partial charge in [-0.3, -0.25) is 0 Å². The largest absolute Gasteiger partial charge is 0.321 e. The molecule has 0 aliphatic heterocycles. The van der Waals surface area contributed by atoms with Gasteiger partial charge in [-0.05, 0) is 25.7 Å². The fourth-order valence-electron chi connectivity index (χ4n) is 1.60. The number of rotatable bonds is 4. The molecule has 3 nitrogen and oxygen atoms in total. The van der Waals surface area contributed by atoms with E-state index in [2.05, 4.69) is 17.2 Å². The van der Waals surface area contributed by atoms with Gasteiger partial charge in [0.15, 0.2) is 0 Å². The molecule has 1 unspecified atom stereocenters. The number of hydrogen-bond acceptors (Lipinski definition) is 2. The molecular formula is C10H16ClN3. The summed E-state index contributed by atoms with van der Waals surface area (Å²) in [5, 5.41) is 4.17. The zero-order chi connectivity index (χ0) is 10.1. The number of imidazole rings is 1. The number of halogens is 1. The van der Waals surface area contributed by atoms with E-state index < -0.39 is 0 Å². The molecule has 1 aromatic rings. The third-order valence-corrected chi connectivity index (χ3v) is 3.29. The first-order valence-electron chi connectivity index (χ1n) is 5.08. The van der Waals surface area contributed by atoms with Gasteiger partial charge >= 0.3 is 0 Å². The second kappa shape index (κ2) is 3.91. The Hall–Kier alpha value is -0.540. The highest BCUT2D eigenvalue weighted by Gasteiger charge is 2.27. The molecule has 0 amide bonds. The van der Waals surface area contributed by atoms with Gasteiger partial charge < -0.3 is 9.88 Å². The maximum atomic E-state index is 5.89. The highest BCUT2D eigenvalue weighted by atomic mass is 35.5. The van der Waals surface area contributed by atoms with E-state index in [1.807, 2.05) is 11.6 Å². The maximum absolute atomic E-state index is 5.89. The molecule has 78 valence electrons. The number of aromatic nitrogens is 2. The van der Waals surface area contributed by atoms with E-state index in [1.165, 1.54) is 12.8 Å². The Morgan fingerprint density at radius 1 is 1.71 bits per heavy atom. The van der Waals surface area contributed by atoms with Gasteiger partial charge in [0.25, 0.3) is 0 Å². The van der Waals surface area contributed by atoms with Crippen molar-refractivity contribution >= 4 is 11.6 Å². The van der Waals surface area contributed by atoms with Crippen LogP contribution in [0.25, 0.3) is 0 Å². The van der Waals surface area contributed by atoms with Crippen molar-refractivity contribution in [3.63, 3.8) is 0 Å². The molecule has 0 radical (unpaired) electrons. The number of nitrogens with zero attached hydrogens (tertiary/aromatic N) is 2. The van der Waals surface area contributed by atoms with Crippen molar-refractivity contribution < 1.29 is 0 Å². The molecule has 4 heteroatoms. The predicted molar refractivity (Wildman–Crippen MR) is 57.2 cm³/mol. The van der Waals surface area contributed by atoms with Crippen LogP contribution in [0.2, 0.25) is 5.15 Å². The van der Waals surface area contributed by atoms with Crippen LogP contribution in [0.1, 0.15) is 25.6 Å². The smallest absolute Gasteiger partial charge is 0.128 e. The third kappa shape index (κ3) is 2.10. The van der Waals surface area contributed by atoms with Crippen molar-refractivity contribution in [3.8, 4) is 0 Å². The molecule has 1 aromatic heterocycles. The molecular weight excluding hydrogens is 198 g/mol. The molecule has 0 saturated heterocycles. The van der Waals surface area contributed by atoms with Crippen LogP contribution in [0.5, 0.6) is 0 Å². The topological polar surface area (TPSA) is 29.9 Å². The van der Waals surface area contributed by atoms with Gasteiger partial charge in [-0.1, -0.05) is 11.6 Å². The van der Waals surface area contributed by atoms with Crippen LogP contribution in [0, 0.1) is 5.92 Å². The van der Waals surface area contributed by atoms with Crippen molar-refractivity contribution in [1.29, 1.82) is 0 Å². The first-order valence-corrected chi connectivity index (χ1v) is 5.45. The summed E-state index contributed by atoms with van der Waals surface area (Å²) in [4.78, 5) is 4.24. The van der Waals surface area contributed by atoms with Gasteiger partial charge in [-0.15, -0.1) is 0 Å². The van der Waals surface area contributed by atoms with Gasteiger partial charge in [0, 0.05) is 13.1 Å². The third-order valence-electron chi connectivity index (χ3n) is 2.94. The van der Waals surface area contributed by atoms with E-state index >= 15 is 0 Å². The van der Waals surface area contributed by atoms with Crippen molar-refractivity contribution in [2.45, 2.75) is 32.4 Å². The molecule has 2 rings (SSSR count). The minimum absolute atomic E-state index is 0.602. The molecule has 1 atom stereocenters. The van der Waals surface area contributed by atoms with Crippen LogP contribution in [0.3, 0.4) is 0 Å².